The lowest BCUT2D eigenvalue weighted by atomic mass is 10.0. The van der Waals surface area contributed by atoms with E-state index in [-0.39, 0.29) is 11.5 Å². The molecule has 0 aromatic carbocycles. The largest absolute Gasteiger partial charge is 0.265 e. The Balaban J connectivity index is 2.99. The highest BCUT2D eigenvalue weighted by Gasteiger charge is 1.98. The summed E-state index contributed by atoms with van der Waals surface area (Å²) in [5.74, 6) is 0. The van der Waals surface area contributed by atoms with E-state index < -0.39 is 0 Å². The van der Waals surface area contributed by atoms with Gasteiger partial charge in [0.15, 0.2) is 0 Å². The first-order chi connectivity index (χ1) is 14.8. The van der Waals surface area contributed by atoms with Gasteiger partial charge in [-0.2, -0.15) is 0 Å². The molecule has 0 heterocycles. The zero-order valence-corrected chi connectivity index (χ0v) is 20.6. The van der Waals surface area contributed by atoms with Gasteiger partial charge in [0.2, 0.25) is 6.54 Å². The van der Waals surface area contributed by atoms with Crippen LogP contribution in [0.3, 0.4) is 0 Å². The highest BCUT2D eigenvalue weighted by molar-refractivity contribution is 4.51. The molecule has 0 bridgehead atoms. The van der Waals surface area contributed by atoms with E-state index in [1.54, 1.807) is 0 Å². The quantitative estimate of drug-likeness (QED) is 0.0785. The molecule has 3 heteroatoms. The van der Waals surface area contributed by atoms with Gasteiger partial charge in [0.25, 0.3) is 0 Å². The van der Waals surface area contributed by atoms with Crippen LogP contribution in [-0.2, 0) is 0 Å². The summed E-state index contributed by atoms with van der Waals surface area (Å²) in [4.78, 5) is 10.0. The van der Waals surface area contributed by atoms with Crippen molar-refractivity contribution in [2.45, 2.75) is 167 Å². The van der Waals surface area contributed by atoms with Gasteiger partial charge < -0.3 is 0 Å². The molecule has 3 nitrogen and oxygen atoms in total. The second kappa shape index (κ2) is 26.4. The van der Waals surface area contributed by atoms with Crippen LogP contribution in [0.15, 0.2) is 0 Å². The number of rotatable bonds is 26. The van der Waals surface area contributed by atoms with Crippen molar-refractivity contribution in [3.63, 3.8) is 0 Å². The number of hydrogen-bond acceptors (Lipinski definition) is 2. The summed E-state index contributed by atoms with van der Waals surface area (Å²) in [7, 11) is 0. The van der Waals surface area contributed by atoms with E-state index in [2.05, 4.69) is 6.92 Å². The van der Waals surface area contributed by atoms with Gasteiger partial charge in [-0.1, -0.05) is 155 Å². The molecule has 0 aromatic rings. The monoisotopic (exact) mass is 425 g/mol. The highest BCUT2D eigenvalue weighted by atomic mass is 16.6. The molecule has 0 saturated carbocycles. The molecule has 0 saturated heterocycles. The minimum Gasteiger partial charge on any atom is -0.265 e. The van der Waals surface area contributed by atoms with E-state index in [1.807, 2.05) is 0 Å². The maximum absolute atomic E-state index is 10.2. The van der Waals surface area contributed by atoms with Crippen molar-refractivity contribution < 1.29 is 4.92 Å². The summed E-state index contributed by atoms with van der Waals surface area (Å²) in [6, 6.07) is 0. The fraction of sp³-hybridized carbons (Fsp3) is 1.00. The second-order valence-electron chi connectivity index (χ2n) is 9.54. The second-order valence-corrected chi connectivity index (χ2v) is 9.54. The van der Waals surface area contributed by atoms with Gasteiger partial charge in [0, 0.05) is 11.3 Å². The molecule has 0 aliphatic heterocycles. The maximum Gasteiger partial charge on any atom is 0.203 e. The SMILES string of the molecule is CCCCCCCCCCCCCCCCCCCCCCCCCCC[N+](=O)[O-]. The van der Waals surface area contributed by atoms with Gasteiger partial charge in [0.05, 0.1) is 0 Å². The average Bonchev–Trinajstić information content (AvgIpc) is 2.73. The molecule has 0 radical (unpaired) electrons. The predicted molar refractivity (Wildman–Crippen MR) is 133 cm³/mol. The Morgan fingerprint density at radius 2 is 0.600 bits per heavy atom. The third kappa shape index (κ3) is 27.4. The van der Waals surface area contributed by atoms with E-state index in [0.717, 1.165) is 12.8 Å². The van der Waals surface area contributed by atoms with Crippen molar-refractivity contribution in [2.75, 3.05) is 6.54 Å². The van der Waals surface area contributed by atoms with Gasteiger partial charge >= 0.3 is 0 Å². The van der Waals surface area contributed by atoms with Crippen LogP contribution in [0.25, 0.3) is 0 Å². The number of hydrogen-bond donors (Lipinski definition) is 0. The van der Waals surface area contributed by atoms with E-state index in [1.165, 1.54) is 148 Å². The minimum absolute atomic E-state index is 0.152. The first-order valence-electron chi connectivity index (χ1n) is 13.9. The zero-order valence-electron chi connectivity index (χ0n) is 20.6. The lowest BCUT2D eigenvalue weighted by molar-refractivity contribution is -0.480. The Kier molecular flexibility index (Phi) is 25.9. The van der Waals surface area contributed by atoms with Crippen LogP contribution in [0.2, 0.25) is 0 Å². The Labute approximate surface area is 189 Å². The van der Waals surface area contributed by atoms with Crippen LogP contribution in [0.1, 0.15) is 167 Å². The average molecular weight is 426 g/mol. The van der Waals surface area contributed by atoms with Crippen LogP contribution < -0.4 is 0 Å². The van der Waals surface area contributed by atoms with Gasteiger partial charge in [0.1, 0.15) is 0 Å². The van der Waals surface area contributed by atoms with E-state index in [0.29, 0.717) is 0 Å². The molecule has 0 atom stereocenters. The molecule has 0 fully saturated rings. The van der Waals surface area contributed by atoms with Crippen LogP contribution in [0.4, 0.5) is 0 Å². The molecule has 0 amide bonds. The fourth-order valence-corrected chi connectivity index (χ4v) is 4.38. The molecule has 0 unspecified atom stereocenters. The number of unbranched alkanes of at least 4 members (excludes halogenated alkanes) is 24. The lowest BCUT2D eigenvalue weighted by Gasteiger charge is -2.04. The molecule has 0 aromatic heterocycles. The van der Waals surface area contributed by atoms with Crippen LogP contribution in [0, 0.1) is 10.1 Å². The smallest absolute Gasteiger partial charge is 0.203 e. The van der Waals surface area contributed by atoms with Gasteiger partial charge in [-0.15, -0.1) is 0 Å². The molecule has 0 rings (SSSR count). The van der Waals surface area contributed by atoms with Crippen LogP contribution in [-0.4, -0.2) is 11.5 Å². The zero-order chi connectivity index (χ0) is 22.0. The van der Waals surface area contributed by atoms with Gasteiger partial charge in [-0.05, 0) is 6.42 Å². The molecule has 0 aliphatic carbocycles. The molecule has 180 valence electrons. The summed E-state index contributed by atoms with van der Waals surface area (Å²) in [6.45, 7) is 2.44. The molecule has 0 aliphatic rings. The summed E-state index contributed by atoms with van der Waals surface area (Å²) < 4.78 is 0. The summed E-state index contributed by atoms with van der Waals surface area (Å²) in [5, 5.41) is 10.2. The third-order valence-corrected chi connectivity index (χ3v) is 6.44. The Bertz CT molecular complexity index is 333. The summed E-state index contributed by atoms with van der Waals surface area (Å²) >= 11 is 0. The predicted octanol–water partition coefficient (Wildman–Crippen LogP) is 10.0. The van der Waals surface area contributed by atoms with Crippen molar-refractivity contribution in [1.29, 1.82) is 0 Å². The van der Waals surface area contributed by atoms with Crippen molar-refractivity contribution in [1.82, 2.24) is 0 Å². The Hall–Kier alpha value is -0.600. The number of nitro groups is 1. The molecular formula is C27H55NO2. The molecule has 0 spiro atoms. The number of nitrogens with zero attached hydrogens (tertiary/aromatic N) is 1. The first-order valence-corrected chi connectivity index (χ1v) is 13.9. The van der Waals surface area contributed by atoms with Crippen molar-refractivity contribution in [2.24, 2.45) is 0 Å². The minimum atomic E-state index is -0.196. The van der Waals surface area contributed by atoms with E-state index in [4.69, 9.17) is 0 Å². The molecular weight excluding hydrogens is 370 g/mol. The van der Waals surface area contributed by atoms with Gasteiger partial charge in [-0.3, -0.25) is 10.1 Å². The summed E-state index contributed by atoms with van der Waals surface area (Å²) in [6.07, 6.45) is 34.3. The Morgan fingerprint density at radius 1 is 0.400 bits per heavy atom. The highest BCUT2D eigenvalue weighted by Crippen LogP contribution is 2.15. The molecule has 0 N–H and O–H groups in total. The summed E-state index contributed by atoms with van der Waals surface area (Å²) in [5.41, 5.74) is 0. The van der Waals surface area contributed by atoms with Crippen molar-refractivity contribution in [3.8, 4) is 0 Å². The van der Waals surface area contributed by atoms with Crippen molar-refractivity contribution in [3.05, 3.63) is 10.1 Å². The third-order valence-electron chi connectivity index (χ3n) is 6.44. The normalized spacial score (nSPS) is 11.2. The Morgan fingerprint density at radius 3 is 0.800 bits per heavy atom. The maximum atomic E-state index is 10.2. The lowest BCUT2D eigenvalue weighted by Crippen LogP contribution is -1.99. The van der Waals surface area contributed by atoms with Crippen LogP contribution in [0.5, 0.6) is 0 Å². The molecule has 30 heavy (non-hydrogen) atoms. The van der Waals surface area contributed by atoms with Gasteiger partial charge in [-0.25, -0.2) is 0 Å². The van der Waals surface area contributed by atoms with E-state index >= 15 is 0 Å². The van der Waals surface area contributed by atoms with E-state index in [9.17, 15) is 10.1 Å². The van der Waals surface area contributed by atoms with Crippen LogP contribution >= 0.6 is 0 Å². The first kappa shape index (κ1) is 29.4. The fourth-order valence-electron chi connectivity index (χ4n) is 4.38. The standard InChI is InChI=1S/C27H55NO2/c1-2-3-4-5-6-7-8-9-10-11-12-13-14-15-16-17-18-19-20-21-22-23-24-25-26-27-28(29)30/h2-27H2,1H3. The topological polar surface area (TPSA) is 43.1 Å². The van der Waals surface area contributed by atoms with Crippen molar-refractivity contribution >= 4 is 0 Å².